The van der Waals surface area contributed by atoms with Crippen LogP contribution in [0.15, 0.2) is 36.8 Å². The smallest absolute Gasteiger partial charge is 0.321 e. The zero-order valence-corrected chi connectivity index (χ0v) is 14.2. The summed E-state index contributed by atoms with van der Waals surface area (Å²) in [6.07, 6.45) is 11.2. The molecule has 1 saturated heterocycles. The lowest BCUT2D eigenvalue weighted by molar-refractivity contribution is 0.201. The molecule has 132 valence electrons. The van der Waals surface area contributed by atoms with E-state index in [0.29, 0.717) is 18.1 Å². The average molecular weight is 341 g/mol. The Balaban J connectivity index is 1.30. The number of carbonyl (C=O) groups is 1. The molecule has 1 aliphatic carbocycles. The molecule has 7 heteroatoms. The van der Waals surface area contributed by atoms with Crippen LogP contribution in [0, 0.1) is 0 Å². The summed E-state index contributed by atoms with van der Waals surface area (Å²) in [7, 11) is 0. The molecule has 0 bridgehead atoms. The lowest BCUT2D eigenvalue weighted by atomic mass is 10.3. The molecule has 1 saturated carbocycles. The van der Waals surface area contributed by atoms with Crippen LogP contribution in [0.3, 0.4) is 0 Å². The predicted octanol–water partition coefficient (Wildman–Crippen LogP) is 3.08. The molecule has 3 heterocycles. The highest BCUT2D eigenvalue weighted by Gasteiger charge is 2.27. The summed E-state index contributed by atoms with van der Waals surface area (Å²) >= 11 is 0. The Bertz CT molecular complexity index is 695. The maximum Gasteiger partial charge on any atom is 0.321 e. The average Bonchev–Trinajstić information content (AvgIpc) is 3.38. The molecule has 2 fully saturated rings. The summed E-state index contributed by atoms with van der Waals surface area (Å²) in [5.74, 6) is 0.629. The molecule has 0 spiro atoms. The van der Waals surface area contributed by atoms with E-state index in [1.54, 1.807) is 12.4 Å². The van der Waals surface area contributed by atoms with Gasteiger partial charge in [-0.1, -0.05) is 0 Å². The van der Waals surface area contributed by atoms with Crippen molar-refractivity contribution in [3.8, 4) is 5.88 Å². The number of carbonyl (C=O) groups excluding carboxylic acids is 1. The third-order valence-corrected chi connectivity index (χ3v) is 4.93. The molecule has 1 aliphatic heterocycles. The fourth-order valence-electron chi connectivity index (χ4n) is 3.54. The molecule has 25 heavy (non-hydrogen) atoms. The zero-order valence-electron chi connectivity index (χ0n) is 14.2. The lowest BCUT2D eigenvalue weighted by Gasteiger charge is -2.18. The van der Waals surface area contributed by atoms with Gasteiger partial charge in [-0.2, -0.15) is 5.10 Å². The monoisotopic (exact) mass is 341 g/mol. The van der Waals surface area contributed by atoms with Gasteiger partial charge in [0.15, 0.2) is 0 Å². The molecule has 0 aromatic carbocycles. The van der Waals surface area contributed by atoms with E-state index in [9.17, 15) is 4.79 Å². The van der Waals surface area contributed by atoms with Crippen molar-refractivity contribution in [3.05, 3.63) is 36.8 Å². The van der Waals surface area contributed by atoms with E-state index < -0.39 is 0 Å². The van der Waals surface area contributed by atoms with Gasteiger partial charge in [0.05, 0.1) is 17.9 Å². The van der Waals surface area contributed by atoms with Crippen LogP contribution >= 0.6 is 0 Å². The molecule has 1 N–H and O–H groups in total. The van der Waals surface area contributed by atoms with Gasteiger partial charge >= 0.3 is 6.03 Å². The van der Waals surface area contributed by atoms with Crippen molar-refractivity contribution in [2.45, 2.75) is 44.2 Å². The minimum absolute atomic E-state index is 0.0964. The Morgan fingerprint density at radius 2 is 2.12 bits per heavy atom. The van der Waals surface area contributed by atoms with E-state index in [1.165, 1.54) is 12.8 Å². The van der Waals surface area contributed by atoms with E-state index in [2.05, 4.69) is 15.4 Å². The topological polar surface area (TPSA) is 72.3 Å². The predicted molar refractivity (Wildman–Crippen MR) is 93.6 cm³/mol. The van der Waals surface area contributed by atoms with E-state index in [1.807, 2.05) is 34.0 Å². The number of anilines is 1. The first-order chi connectivity index (χ1) is 12.3. The highest BCUT2D eigenvalue weighted by atomic mass is 16.5. The van der Waals surface area contributed by atoms with Gasteiger partial charge < -0.3 is 15.0 Å². The van der Waals surface area contributed by atoms with E-state index in [0.717, 1.165) is 25.8 Å². The number of rotatable bonds is 4. The van der Waals surface area contributed by atoms with Gasteiger partial charge in [0, 0.05) is 31.5 Å². The summed E-state index contributed by atoms with van der Waals surface area (Å²) in [5, 5.41) is 7.17. The molecule has 4 rings (SSSR count). The second-order valence-corrected chi connectivity index (χ2v) is 6.71. The third-order valence-electron chi connectivity index (χ3n) is 4.93. The highest BCUT2D eigenvalue weighted by Crippen LogP contribution is 2.24. The number of hydrogen-bond acceptors (Lipinski definition) is 4. The van der Waals surface area contributed by atoms with Crippen LogP contribution in [-0.4, -0.2) is 44.9 Å². The number of likely N-dealkylation sites (tertiary alicyclic amines) is 1. The number of amides is 2. The van der Waals surface area contributed by atoms with Gasteiger partial charge in [0.1, 0.15) is 6.10 Å². The molecule has 0 radical (unpaired) electrons. The Morgan fingerprint density at radius 3 is 2.84 bits per heavy atom. The van der Waals surface area contributed by atoms with Crippen molar-refractivity contribution >= 4 is 11.7 Å². The highest BCUT2D eigenvalue weighted by molar-refractivity contribution is 5.89. The van der Waals surface area contributed by atoms with Crippen molar-refractivity contribution < 1.29 is 9.53 Å². The van der Waals surface area contributed by atoms with E-state index in [-0.39, 0.29) is 18.2 Å². The molecular weight excluding hydrogens is 318 g/mol. The number of aromatic nitrogens is 3. The summed E-state index contributed by atoms with van der Waals surface area (Å²) in [6, 6.07) is 5.73. The van der Waals surface area contributed by atoms with E-state index >= 15 is 0 Å². The normalized spacial score (nSPS) is 20.8. The summed E-state index contributed by atoms with van der Waals surface area (Å²) in [4.78, 5) is 18.5. The van der Waals surface area contributed by atoms with Crippen molar-refractivity contribution in [2.24, 2.45) is 0 Å². The molecule has 2 aliphatic rings. The Kier molecular flexibility index (Phi) is 4.54. The molecule has 1 unspecified atom stereocenters. The van der Waals surface area contributed by atoms with Crippen molar-refractivity contribution in [3.63, 3.8) is 0 Å². The Morgan fingerprint density at radius 1 is 1.24 bits per heavy atom. The number of nitrogens with one attached hydrogen (secondary N) is 1. The zero-order chi connectivity index (χ0) is 17.1. The Labute approximate surface area is 147 Å². The van der Waals surface area contributed by atoms with Gasteiger partial charge in [-0.3, -0.25) is 4.68 Å². The first kappa shape index (κ1) is 15.9. The molecule has 2 aromatic rings. The molecule has 2 aromatic heterocycles. The van der Waals surface area contributed by atoms with Crippen LogP contribution in [0.5, 0.6) is 5.88 Å². The summed E-state index contributed by atoms with van der Waals surface area (Å²) < 4.78 is 7.77. The number of pyridine rings is 1. The minimum atomic E-state index is -0.0964. The quantitative estimate of drug-likeness (QED) is 0.927. The van der Waals surface area contributed by atoms with Crippen LogP contribution in [0.4, 0.5) is 10.5 Å². The van der Waals surface area contributed by atoms with Crippen molar-refractivity contribution in [2.75, 3.05) is 18.4 Å². The van der Waals surface area contributed by atoms with Crippen LogP contribution in [0.2, 0.25) is 0 Å². The fraction of sp³-hybridized carbons (Fsp3) is 0.500. The van der Waals surface area contributed by atoms with Gasteiger partial charge in [0.2, 0.25) is 5.88 Å². The first-order valence-corrected chi connectivity index (χ1v) is 8.96. The number of ether oxygens (including phenoxy) is 1. The van der Waals surface area contributed by atoms with Gasteiger partial charge in [-0.25, -0.2) is 9.78 Å². The second kappa shape index (κ2) is 7.13. The number of urea groups is 1. The summed E-state index contributed by atoms with van der Waals surface area (Å²) in [6.45, 7) is 1.40. The largest absolute Gasteiger partial charge is 0.474 e. The fourth-order valence-corrected chi connectivity index (χ4v) is 3.54. The molecule has 1 atom stereocenters. The van der Waals surface area contributed by atoms with E-state index in [4.69, 9.17) is 4.74 Å². The minimum Gasteiger partial charge on any atom is -0.474 e. The molecule has 7 nitrogen and oxygen atoms in total. The maximum absolute atomic E-state index is 12.4. The standard InChI is InChI=1S/C18H23N5O2/c24-18(22-11-8-15(13-22)23-10-3-9-20-23)21-14-6-7-17(19-12-14)25-16-4-1-2-5-16/h3,6-7,9-10,12,15-16H,1-2,4-5,8,11,13H2,(H,21,24). The third kappa shape index (κ3) is 3.75. The van der Waals surface area contributed by atoms with Gasteiger partial charge in [0.25, 0.3) is 0 Å². The van der Waals surface area contributed by atoms with Crippen molar-refractivity contribution in [1.29, 1.82) is 0 Å². The van der Waals surface area contributed by atoms with Crippen LogP contribution < -0.4 is 10.1 Å². The van der Waals surface area contributed by atoms with Gasteiger partial charge in [-0.15, -0.1) is 0 Å². The maximum atomic E-state index is 12.4. The first-order valence-electron chi connectivity index (χ1n) is 8.96. The lowest BCUT2D eigenvalue weighted by Crippen LogP contribution is -2.33. The van der Waals surface area contributed by atoms with Gasteiger partial charge in [-0.05, 0) is 44.2 Å². The molecular formula is C18H23N5O2. The van der Waals surface area contributed by atoms with Crippen LogP contribution in [0.25, 0.3) is 0 Å². The SMILES string of the molecule is O=C(Nc1ccc(OC2CCCC2)nc1)N1CCC(n2cccn2)C1. The van der Waals surface area contributed by atoms with Crippen LogP contribution in [0.1, 0.15) is 38.1 Å². The summed E-state index contributed by atoms with van der Waals surface area (Å²) in [5.41, 5.74) is 0.686. The second-order valence-electron chi connectivity index (χ2n) is 6.71. The van der Waals surface area contributed by atoms with Crippen LogP contribution in [-0.2, 0) is 0 Å². The number of nitrogens with zero attached hydrogens (tertiary/aromatic N) is 4. The molecule has 2 amide bonds. The number of hydrogen-bond donors (Lipinski definition) is 1. The van der Waals surface area contributed by atoms with Crippen molar-refractivity contribution in [1.82, 2.24) is 19.7 Å². The Hall–Kier alpha value is -2.57.